The molecule has 170 valence electrons. The van der Waals surface area contributed by atoms with Gasteiger partial charge in [-0.15, -0.1) is 0 Å². The molecule has 1 aromatic carbocycles. The van der Waals surface area contributed by atoms with E-state index in [-0.39, 0.29) is 24.0 Å². The van der Waals surface area contributed by atoms with Crippen LogP contribution in [-0.2, 0) is 14.3 Å². The molecule has 0 N–H and O–H groups in total. The van der Waals surface area contributed by atoms with Gasteiger partial charge in [-0.2, -0.15) is 0 Å². The van der Waals surface area contributed by atoms with E-state index in [4.69, 9.17) is 9.47 Å². The summed E-state index contributed by atoms with van der Waals surface area (Å²) < 4.78 is 11.4. The van der Waals surface area contributed by atoms with Gasteiger partial charge in [0.2, 0.25) is 0 Å². The van der Waals surface area contributed by atoms with Gasteiger partial charge in [0.1, 0.15) is 11.4 Å². The second-order valence-corrected chi connectivity index (χ2v) is 8.62. The van der Waals surface area contributed by atoms with Crippen LogP contribution < -0.4 is 4.74 Å². The Morgan fingerprint density at radius 1 is 0.968 bits per heavy atom. The molecule has 1 fully saturated rings. The number of rotatable bonds is 10. The number of ether oxygens (including phenoxy) is 2. The molecule has 2 aliphatic heterocycles. The van der Waals surface area contributed by atoms with E-state index in [9.17, 15) is 9.59 Å². The van der Waals surface area contributed by atoms with Gasteiger partial charge in [0.25, 0.3) is 11.8 Å². The fraction of sp³-hybridized carbons (Fsp3) is 0.600. The predicted octanol–water partition coefficient (Wildman–Crippen LogP) is 4.24. The number of carbonyl (C=O) groups is 2. The topological polar surface area (TPSA) is 59.1 Å². The van der Waals surface area contributed by atoms with Gasteiger partial charge in [0, 0.05) is 25.2 Å². The fourth-order valence-corrected chi connectivity index (χ4v) is 4.56. The smallest absolute Gasteiger partial charge is 0.277 e. The van der Waals surface area contributed by atoms with Gasteiger partial charge in [0.15, 0.2) is 0 Å². The number of carbonyl (C=O) groups excluding carboxylic acids is 2. The molecule has 1 saturated heterocycles. The first-order valence-corrected chi connectivity index (χ1v) is 11.6. The number of methoxy groups -OCH3 is 1. The van der Waals surface area contributed by atoms with Gasteiger partial charge in [-0.1, -0.05) is 57.2 Å². The molecule has 2 amide bonds. The van der Waals surface area contributed by atoms with E-state index in [2.05, 4.69) is 6.92 Å². The van der Waals surface area contributed by atoms with Crippen molar-refractivity contribution in [2.75, 3.05) is 26.7 Å². The van der Waals surface area contributed by atoms with E-state index in [1.165, 1.54) is 24.2 Å². The summed E-state index contributed by atoms with van der Waals surface area (Å²) in [7, 11) is 1.59. The van der Waals surface area contributed by atoms with Crippen molar-refractivity contribution in [1.29, 1.82) is 0 Å². The molecule has 0 saturated carbocycles. The Morgan fingerprint density at radius 3 is 2.29 bits per heavy atom. The molecular weight excluding hydrogens is 392 g/mol. The Kier molecular flexibility index (Phi) is 8.13. The van der Waals surface area contributed by atoms with Crippen molar-refractivity contribution in [2.24, 2.45) is 0 Å². The molecule has 0 aliphatic carbocycles. The molecule has 3 rings (SSSR count). The highest BCUT2D eigenvalue weighted by Gasteiger charge is 2.43. The maximum Gasteiger partial charge on any atom is 0.277 e. The van der Waals surface area contributed by atoms with E-state index in [1.807, 2.05) is 43.0 Å². The summed E-state index contributed by atoms with van der Waals surface area (Å²) in [6.45, 7) is 7.83. The Bertz CT molecular complexity index is 809. The van der Waals surface area contributed by atoms with Crippen molar-refractivity contribution in [3.8, 4) is 5.75 Å². The molecule has 2 atom stereocenters. The van der Waals surface area contributed by atoms with Crippen molar-refractivity contribution in [2.45, 2.75) is 71.5 Å². The van der Waals surface area contributed by atoms with Gasteiger partial charge in [-0.25, -0.2) is 0 Å². The lowest BCUT2D eigenvalue weighted by Gasteiger charge is -2.37. The van der Waals surface area contributed by atoms with Crippen LogP contribution in [0, 0.1) is 0 Å². The molecule has 2 unspecified atom stereocenters. The van der Waals surface area contributed by atoms with Gasteiger partial charge in [-0.3, -0.25) is 14.5 Å². The number of imide groups is 1. The minimum Gasteiger partial charge on any atom is -0.496 e. The molecule has 6 nitrogen and oxygen atoms in total. The number of nitrogens with zero attached hydrogens (tertiary/aromatic N) is 2. The monoisotopic (exact) mass is 428 g/mol. The first kappa shape index (κ1) is 23.3. The first-order chi connectivity index (χ1) is 15.0. The molecular formula is C25H36N2O4. The van der Waals surface area contributed by atoms with Crippen LogP contribution in [0.2, 0.25) is 0 Å². The number of hydrogen-bond donors (Lipinski definition) is 0. The number of unbranched alkanes of at least 4 members (excludes halogenated alkanes) is 5. The van der Waals surface area contributed by atoms with Crippen LogP contribution in [0.1, 0.15) is 64.9 Å². The summed E-state index contributed by atoms with van der Waals surface area (Å²) in [5.41, 5.74) is 1.62. The van der Waals surface area contributed by atoms with Crippen molar-refractivity contribution in [3.63, 3.8) is 0 Å². The van der Waals surface area contributed by atoms with Crippen LogP contribution in [-0.4, -0.2) is 60.6 Å². The summed E-state index contributed by atoms with van der Waals surface area (Å²) in [6.07, 6.45) is 6.63. The molecule has 0 bridgehead atoms. The van der Waals surface area contributed by atoms with E-state index in [0.717, 1.165) is 19.3 Å². The Labute approximate surface area is 186 Å². The van der Waals surface area contributed by atoms with Crippen LogP contribution in [0.15, 0.2) is 30.0 Å². The van der Waals surface area contributed by atoms with E-state index in [1.54, 1.807) is 7.11 Å². The summed E-state index contributed by atoms with van der Waals surface area (Å²) in [6, 6.07) is 7.44. The third kappa shape index (κ3) is 5.29. The quantitative estimate of drug-likeness (QED) is 0.412. The second-order valence-electron chi connectivity index (χ2n) is 8.62. The first-order valence-electron chi connectivity index (χ1n) is 11.6. The second kappa shape index (κ2) is 10.8. The van der Waals surface area contributed by atoms with Gasteiger partial charge < -0.3 is 14.4 Å². The lowest BCUT2D eigenvalue weighted by Crippen LogP contribution is -2.47. The van der Waals surface area contributed by atoms with Crippen molar-refractivity contribution in [1.82, 2.24) is 9.80 Å². The van der Waals surface area contributed by atoms with Crippen LogP contribution in [0.3, 0.4) is 0 Å². The third-order valence-electron chi connectivity index (χ3n) is 5.99. The maximum absolute atomic E-state index is 13.5. The normalized spacial score (nSPS) is 21.9. The zero-order valence-corrected chi connectivity index (χ0v) is 19.4. The number of amides is 2. The van der Waals surface area contributed by atoms with Crippen molar-refractivity contribution >= 4 is 17.4 Å². The minimum absolute atomic E-state index is 0.00862. The summed E-state index contributed by atoms with van der Waals surface area (Å²) in [5, 5.41) is 0. The molecule has 31 heavy (non-hydrogen) atoms. The molecule has 6 heteroatoms. The lowest BCUT2D eigenvalue weighted by atomic mass is 10.0. The Balaban J connectivity index is 1.88. The van der Waals surface area contributed by atoms with Crippen molar-refractivity contribution in [3.05, 3.63) is 35.5 Å². The SMILES string of the molecule is CCCCCCCCN1C(=O)C(c2ccccc2OC)=C(N2CC(C)OC(C)C2)C1=O. The molecule has 0 spiro atoms. The number of benzene rings is 1. The van der Waals surface area contributed by atoms with E-state index < -0.39 is 0 Å². The van der Waals surface area contributed by atoms with Crippen LogP contribution in [0.4, 0.5) is 0 Å². The van der Waals surface area contributed by atoms with Gasteiger partial charge >= 0.3 is 0 Å². The molecule has 0 radical (unpaired) electrons. The van der Waals surface area contributed by atoms with Crippen molar-refractivity contribution < 1.29 is 19.1 Å². The predicted molar refractivity (Wildman–Crippen MR) is 122 cm³/mol. The molecule has 2 heterocycles. The van der Waals surface area contributed by atoms with Crippen LogP contribution >= 0.6 is 0 Å². The molecule has 2 aliphatic rings. The number of para-hydroxylation sites is 1. The average molecular weight is 429 g/mol. The summed E-state index contributed by atoms with van der Waals surface area (Å²) >= 11 is 0. The molecule has 1 aromatic rings. The fourth-order valence-electron chi connectivity index (χ4n) is 4.56. The Morgan fingerprint density at radius 2 is 1.61 bits per heavy atom. The van der Waals surface area contributed by atoms with Crippen LogP contribution in [0.25, 0.3) is 5.57 Å². The highest BCUT2D eigenvalue weighted by atomic mass is 16.5. The Hall–Kier alpha value is -2.34. The third-order valence-corrected chi connectivity index (χ3v) is 5.99. The molecule has 0 aromatic heterocycles. The van der Waals surface area contributed by atoms with E-state index >= 15 is 0 Å². The zero-order chi connectivity index (χ0) is 22.4. The van der Waals surface area contributed by atoms with Gasteiger partial charge in [0.05, 0.1) is 24.9 Å². The standard InChI is InChI=1S/C25H36N2O4/c1-5-6-7-8-9-12-15-27-24(28)22(20-13-10-11-14-21(20)30-4)23(25(27)29)26-16-18(2)31-19(3)17-26/h10-11,13-14,18-19H,5-9,12,15-17H2,1-4H3. The summed E-state index contributed by atoms with van der Waals surface area (Å²) in [5.74, 6) is 0.192. The van der Waals surface area contributed by atoms with Crippen LogP contribution in [0.5, 0.6) is 5.75 Å². The number of hydrogen-bond acceptors (Lipinski definition) is 5. The largest absolute Gasteiger partial charge is 0.496 e. The lowest BCUT2D eigenvalue weighted by molar-refractivity contribution is -0.138. The highest BCUT2D eigenvalue weighted by molar-refractivity contribution is 6.36. The highest BCUT2D eigenvalue weighted by Crippen LogP contribution is 2.37. The summed E-state index contributed by atoms with van der Waals surface area (Å²) in [4.78, 5) is 30.5. The van der Waals surface area contributed by atoms with E-state index in [0.29, 0.717) is 42.2 Å². The maximum atomic E-state index is 13.5. The average Bonchev–Trinajstić information content (AvgIpc) is 2.99. The number of morpholine rings is 1. The zero-order valence-electron chi connectivity index (χ0n) is 19.4. The minimum atomic E-state index is -0.218. The van der Waals surface area contributed by atoms with Gasteiger partial charge in [-0.05, 0) is 26.3 Å².